The Labute approximate surface area is 507 Å². The van der Waals surface area contributed by atoms with E-state index in [2.05, 4.69) is 43.5 Å². The molecule has 0 radical (unpaired) electrons. The molecule has 480 valence electrons. The lowest BCUT2D eigenvalue weighted by molar-refractivity contribution is -0.143. The van der Waals surface area contributed by atoms with Gasteiger partial charge in [-0.3, -0.25) is 9.59 Å². The number of ether oxygens (including phenoxy) is 1. The van der Waals surface area contributed by atoms with Gasteiger partial charge in [0, 0.05) is 12.8 Å². The molecule has 0 aliphatic carbocycles. The van der Waals surface area contributed by atoms with Gasteiger partial charge in [0.05, 0.1) is 25.4 Å². The lowest BCUT2D eigenvalue weighted by Gasteiger charge is -2.22. The Morgan fingerprint density at radius 1 is 0.333 bits per heavy atom. The molecule has 2 unspecified atom stereocenters. The number of hydrogen-bond donors (Lipinski definition) is 3. The zero-order chi connectivity index (χ0) is 58.5. The molecule has 3 N–H and O–H groups in total. The molecule has 0 aliphatic heterocycles. The lowest BCUT2D eigenvalue weighted by atomic mass is 10.0. The van der Waals surface area contributed by atoms with Crippen LogP contribution >= 0.6 is 0 Å². The third kappa shape index (κ3) is 67.3. The smallest absolute Gasteiger partial charge is 0.305 e. The van der Waals surface area contributed by atoms with Gasteiger partial charge < -0.3 is 20.3 Å². The molecule has 81 heavy (non-hydrogen) atoms. The molecule has 0 rings (SSSR count). The van der Waals surface area contributed by atoms with Crippen LogP contribution in [-0.2, 0) is 14.3 Å². The number of unbranched alkanes of at least 4 members (excludes halogenated alkanes) is 55. The fourth-order valence-corrected chi connectivity index (χ4v) is 11.8. The van der Waals surface area contributed by atoms with Crippen molar-refractivity contribution >= 4 is 11.9 Å². The number of aliphatic hydroxyl groups excluding tert-OH is 2. The number of amides is 1. The van der Waals surface area contributed by atoms with E-state index in [9.17, 15) is 19.8 Å². The van der Waals surface area contributed by atoms with Crippen molar-refractivity contribution in [1.82, 2.24) is 5.32 Å². The van der Waals surface area contributed by atoms with Crippen LogP contribution in [0.2, 0.25) is 0 Å². The van der Waals surface area contributed by atoms with E-state index in [0.29, 0.717) is 25.9 Å². The number of hydrogen-bond acceptors (Lipinski definition) is 5. The summed E-state index contributed by atoms with van der Waals surface area (Å²) in [4.78, 5) is 24.6. The molecule has 0 aliphatic rings. The van der Waals surface area contributed by atoms with Crippen molar-refractivity contribution in [3.63, 3.8) is 0 Å². The zero-order valence-electron chi connectivity index (χ0n) is 55.0. The van der Waals surface area contributed by atoms with E-state index in [1.807, 2.05) is 0 Å². The van der Waals surface area contributed by atoms with Gasteiger partial charge in [0.1, 0.15) is 0 Å². The van der Waals surface area contributed by atoms with E-state index in [1.165, 1.54) is 340 Å². The highest BCUT2D eigenvalue weighted by Crippen LogP contribution is 2.19. The fourth-order valence-electron chi connectivity index (χ4n) is 11.8. The predicted octanol–water partition coefficient (Wildman–Crippen LogP) is 24.1. The average Bonchev–Trinajstić information content (AvgIpc) is 3.47. The molecule has 0 spiro atoms. The number of aliphatic hydroxyl groups is 2. The summed E-state index contributed by atoms with van der Waals surface area (Å²) in [6, 6.07) is -0.541. The van der Waals surface area contributed by atoms with Crippen molar-refractivity contribution in [2.24, 2.45) is 0 Å². The van der Waals surface area contributed by atoms with E-state index >= 15 is 0 Å². The summed E-state index contributed by atoms with van der Waals surface area (Å²) in [7, 11) is 0. The van der Waals surface area contributed by atoms with Crippen molar-refractivity contribution < 1.29 is 24.5 Å². The number of rotatable bonds is 70. The fraction of sp³-hybridized carbons (Fsp3) is 0.920. The third-order valence-electron chi connectivity index (χ3n) is 17.5. The van der Waals surface area contributed by atoms with Crippen molar-refractivity contribution in [3.05, 3.63) is 24.3 Å². The first-order valence-corrected chi connectivity index (χ1v) is 37.1. The molecule has 0 fully saturated rings. The van der Waals surface area contributed by atoms with Gasteiger partial charge in [-0.2, -0.15) is 0 Å². The third-order valence-corrected chi connectivity index (χ3v) is 17.5. The maximum atomic E-state index is 12.6. The Hall–Kier alpha value is -1.66. The highest BCUT2D eigenvalue weighted by atomic mass is 16.5. The standard InChI is InChI=1S/C75H145NO5/c1-3-5-7-9-11-13-15-17-18-19-20-32-35-38-41-44-47-51-55-59-63-67-73(78)72(71-77)76-74(79)68-64-60-56-52-48-45-42-39-36-33-30-28-26-24-22-21-23-25-27-29-31-34-37-40-43-46-50-54-58-62-66-70-81-75(80)69-65-61-57-53-49-16-14-12-10-8-6-4-2/h12,14,23,25,72-73,77-78H,3-11,13,15-22,24,26-71H2,1-2H3,(H,76,79)/b14-12-,25-23-. The van der Waals surface area contributed by atoms with Crippen LogP contribution in [0.1, 0.15) is 418 Å². The maximum Gasteiger partial charge on any atom is 0.305 e. The van der Waals surface area contributed by atoms with Gasteiger partial charge >= 0.3 is 5.97 Å². The first-order chi connectivity index (χ1) is 40.0. The molecule has 0 aromatic heterocycles. The van der Waals surface area contributed by atoms with Gasteiger partial charge in [0.25, 0.3) is 0 Å². The van der Waals surface area contributed by atoms with Crippen LogP contribution in [0.25, 0.3) is 0 Å². The van der Waals surface area contributed by atoms with Crippen LogP contribution in [0.15, 0.2) is 24.3 Å². The number of carbonyl (C=O) groups excluding carboxylic acids is 2. The van der Waals surface area contributed by atoms with Gasteiger partial charge in [-0.05, 0) is 77.0 Å². The second-order valence-electron chi connectivity index (χ2n) is 25.6. The van der Waals surface area contributed by atoms with Crippen molar-refractivity contribution in [2.45, 2.75) is 431 Å². The molecule has 0 aromatic carbocycles. The average molecular weight is 1140 g/mol. The van der Waals surface area contributed by atoms with E-state index in [4.69, 9.17) is 4.74 Å². The summed E-state index contributed by atoms with van der Waals surface area (Å²) in [6.07, 6.45) is 89.6. The summed E-state index contributed by atoms with van der Waals surface area (Å²) in [5, 5.41) is 23.4. The second-order valence-corrected chi connectivity index (χ2v) is 25.6. The van der Waals surface area contributed by atoms with Crippen LogP contribution in [0.3, 0.4) is 0 Å². The molecule has 0 aromatic rings. The van der Waals surface area contributed by atoms with E-state index < -0.39 is 12.1 Å². The van der Waals surface area contributed by atoms with Gasteiger partial charge in [0.15, 0.2) is 0 Å². The summed E-state index contributed by atoms with van der Waals surface area (Å²) in [6.45, 7) is 4.97. The molecule has 0 saturated carbocycles. The Morgan fingerprint density at radius 3 is 0.901 bits per heavy atom. The van der Waals surface area contributed by atoms with Crippen LogP contribution in [-0.4, -0.2) is 47.4 Å². The number of nitrogens with one attached hydrogen (secondary N) is 1. The second kappa shape index (κ2) is 70.8. The minimum atomic E-state index is -0.664. The molecule has 6 nitrogen and oxygen atoms in total. The Balaban J connectivity index is 3.36. The summed E-state index contributed by atoms with van der Waals surface area (Å²) >= 11 is 0. The molecule has 0 saturated heterocycles. The first-order valence-electron chi connectivity index (χ1n) is 37.1. The zero-order valence-corrected chi connectivity index (χ0v) is 55.0. The van der Waals surface area contributed by atoms with E-state index in [1.54, 1.807) is 0 Å². The SMILES string of the molecule is CCCCC/C=C\CCCCCCCC(=O)OCCCCCCCCCCCCCC/C=C\CCCCCCCCCCCCCCCCCC(=O)NC(CO)C(O)CCCCCCCCCCCCCCCCCCCCCCC. The monoisotopic (exact) mass is 1140 g/mol. The molecular formula is C75H145NO5. The molecular weight excluding hydrogens is 995 g/mol. The summed E-state index contributed by atoms with van der Waals surface area (Å²) in [5.74, 6) is -0.0198. The number of carbonyl (C=O) groups is 2. The minimum Gasteiger partial charge on any atom is -0.466 e. The Kier molecular flexibility index (Phi) is 69.4. The summed E-state index contributed by atoms with van der Waals surface area (Å²) < 4.78 is 5.48. The van der Waals surface area contributed by atoms with Crippen molar-refractivity contribution in [2.75, 3.05) is 13.2 Å². The van der Waals surface area contributed by atoms with Gasteiger partial charge in [-0.1, -0.05) is 353 Å². The molecule has 6 heteroatoms. The quantitative estimate of drug-likeness (QED) is 0.0320. The van der Waals surface area contributed by atoms with Crippen LogP contribution in [0.4, 0.5) is 0 Å². The Morgan fingerprint density at radius 2 is 0.580 bits per heavy atom. The predicted molar refractivity (Wildman–Crippen MR) is 356 cm³/mol. The highest BCUT2D eigenvalue weighted by molar-refractivity contribution is 5.76. The topological polar surface area (TPSA) is 95.9 Å². The molecule has 1 amide bonds. The minimum absolute atomic E-state index is 0.00826. The molecule has 0 bridgehead atoms. The van der Waals surface area contributed by atoms with Crippen LogP contribution in [0.5, 0.6) is 0 Å². The molecule has 2 atom stereocenters. The molecule has 0 heterocycles. The van der Waals surface area contributed by atoms with Crippen LogP contribution in [0, 0.1) is 0 Å². The number of esters is 1. The van der Waals surface area contributed by atoms with Gasteiger partial charge in [0.2, 0.25) is 5.91 Å². The van der Waals surface area contributed by atoms with Crippen molar-refractivity contribution in [1.29, 1.82) is 0 Å². The highest BCUT2D eigenvalue weighted by Gasteiger charge is 2.20. The largest absolute Gasteiger partial charge is 0.466 e. The Bertz CT molecular complexity index is 1270. The first kappa shape index (κ1) is 79.3. The van der Waals surface area contributed by atoms with Crippen molar-refractivity contribution in [3.8, 4) is 0 Å². The van der Waals surface area contributed by atoms with E-state index in [-0.39, 0.29) is 18.5 Å². The van der Waals surface area contributed by atoms with E-state index in [0.717, 1.165) is 44.9 Å². The van der Waals surface area contributed by atoms with Crippen LogP contribution < -0.4 is 5.32 Å². The normalized spacial score (nSPS) is 12.6. The lowest BCUT2D eigenvalue weighted by Crippen LogP contribution is -2.45. The summed E-state index contributed by atoms with van der Waals surface area (Å²) in [5.41, 5.74) is 0. The number of allylic oxidation sites excluding steroid dienone is 4. The van der Waals surface area contributed by atoms with Gasteiger partial charge in [-0.25, -0.2) is 0 Å². The maximum absolute atomic E-state index is 12.6. The van der Waals surface area contributed by atoms with Gasteiger partial charge in [-0.15, -0.1) is 0 Å².